The Morgan fingerprint density at radius 1 is 1.14 bits per heavy atom. The molecule has 2 aromatic rings. The van der Waals surface area contributed by atoms with Crippen molar-refractivity contribution in [3.05, 3.63) is 41.6 Å². The maximum Gasteiger partial charge on any atom is 0.417 e. The number of nitrogens with zero attached hydrogens (tertiary/aromatic N) is 2. The molecule has 2 heterocycles. The number of aliphatic carboxylic acids is 1. The molecule has 1 aromatic carbocycles. The first kappa shape index (κ1) is 26.2. The molecule has 1 saturated heterocycles. The molecule has 3 N–H and O–H groups in total. The van der Waals surface area contributed by atoms with Gasteiger partial charge in [-0.25, -0.2) is 0 Å². The van der Waals surface area contributed by atoms with Crippen molar-refractivity contribution in [2.75, 3.05) is 19.8 Å². The lowest BCUT2D eigenvalue weighted by molar-refractivity contribution is -0.138. The Labute approximate surface area is 207 Å². The smallest absolute Gasteiger partial charge is 0.417 e. The largest absolute Gasteiger partial charge is 0.481 e. The number of ether oxygens (including phenoxy) is 1. The molecule has 8 nitrogen and oxygen atoms in total. The molecule has 36 heavy (non-hydrogen) atoms. The van der Waals surface area contributed by atoms with Crippen LogP contribution in [0.3, 0.4) is 0 Å². The number of alkyl halides is 3. The molecule has 0 radical (unpaired) electrons. The number of carboxylic acid groups (broad SMARTS) is 1. The zero-order chi connectivity index (χ0) is 25.7. The topological polar surface area (TPSA) is 105 Å². The quantitative estimate of drug-likeness (QED) is 0.473. The summed E-state index contributed by atoms with van der Waals surface area (Å²) in [5.41, 5.74) is -0.627. The van der Waals surface area contributed by atoms with Crippen molar-refractivity contribution in [3.8, 4) is 11.3 Å². The van der Waals surface area contributed by atoms with Crippen LogP contribution in [0.2, 0.25) is 0 Å². The Bertz CT molecular complexity index is 1060. The van der Waals surface area contributed by atoms with Crippen molar-refractivity contribution in [1.82, 2.24) is 20.4 Å². The van der Waals surface area contributed by atoms with Crippen molar-refractivity contribution in [2.24, 2.45) is 0 Å². The third-order valence-electron chi connectivity index (χ3n) is 6.78. The molecule has 1 atom stereocenters. The summed E-state index contributed by atoms with van der Waals surface area (Å²) < 4.78 is 48.2. The number of carboxylic acids is 1. The number of hydrogen-bond acceptors (Lipinski definition) is 5. The lowest BCUT2D eigenvalue weighted by Gasteiger charge is -2.26. The number of nitrogens with one attached hydrogen (secondary N) is 2. The van der Waals surface area contributed by atoms with Gasteiger partial charge < -0.3 is 20.5 Å². The Morgan fingerprint density at radius 2 is 1.83 bits per heavy atom. The van der Waals surface area contributed by atoms with E-state index in [1.807, 2.05) is 0 Å². The average molecular weight is 509 g/mol. The van der Waals surface area contributed by atoms with Gasteiger partial charge in [0.2, 0.25) is 0 Å². The summed E-state index contributed by atoms with van der Waals surface area (Å²) >= 11 is 0. The lowest BCUT2D eigenvalue weighted by atomic mass is 10.0. The Kier molecular flexibility index (Phi) is 8.30. The minimum Gasteiger partial charge on any atom is -0.481 e. The van der Waals surface area contributed by atoms with E-state index in [9.17, 15) is 27.9 Å². The van der Waals surface area contributed by atoms with E-state index in [-0.39, 0.29) is 42.0 Å². The summed E-state index contributed by atoms with van der Waals surface area (Å²) in [6.45, 7) is 1.48. The van der Waals surface area contributed by atoms with Gasteiger partial charge in [0.05, 0.1) is 29.8 Å². The zero-order valence-electron chi connectivity index (χ0n) is 19.9. The van der Waals surface area contributed by atoms with Crippen LogP contribution < -0.4 is 10.6 Å². The number of halogens is 3. The van der Waals surface area contributed by atoms with Crippen LogP contribution in [-0.2, 0) is 15.7 Å². The molecule has 0 spiro atoms. The number of hydrogen-bond donors (Lipinski definition) is 3. The fourth-order valence-corrected chi connectivity index (χ4v) is 4.94. The lowest BCUT2D eigenvalue weighted by Crippen LogP contribution is -2.47. The number of benzene rings is 1. The third-order valence-corrected chi connectivity index (χ3v) is 6.78. The van der Waals surface area contributed by atoms with Gasteiger partial charge in [0.15, 0.2) is 5.69 Å². The highest BCUT2D eigenvalue weighted by molar-refractivity contribution is 5.94. The maximum atomic E-state index is 13.8. The van der Waals surface area contributed by atoms with E-state index >= 15 is 0 Å². The van der Waals surface area contributed by atoms with Crippen molar-refractivity contribution in [2.45, 2.75) is 69.2 Å². The molecular formula is C25H31F3N4O4. The fraction of sp³-hybridized carbons (Fsp3) is 0.560. The number of rotatable bonds is 9. The van der Waals surface area contributed by atoms with Crippen molar-refractivity contribution >= 4 is 11.9 Å². The molecule has 1 aromatic heterocycles. The van der Waals surface area contributed by atoms with Gasteiger partial charge in [-0.05, 0) is 37.8 Å². The summed E-state index contributed by atoms with van der Waals surface area (Å²) in [7, 11) is 0. The molecule has 1 aliphatic heterocycles. The van der Waals surface area contributed by atoms with E-state index in [1.54, 1.807) is 4.68 Å². The zero-order valence-corrected chi connectivity index (χ0v) is 19.9. The molecule has 0 bridgehead atoms. The second kappa shape index (κ2) is 11.4. The van der Waals surface area contributed by atoms with Crippen molar-refractivity contribution < 1.29 is 32.6 Å². The first-order valence-corrected chi connectivity index (χ1v) is 12.3. The molecule has 2 aliphatic rings. The van der Waals surface area contributed by atoms with E-state index in [2.05, 4.69) is 15.7 Å². The summed E-state index contributed by atoms with van der Waals surface area (Å²) in [6, 6.07) is 6.00. The van der Waals surface area contributed by atoms with E-state index in [4.69, 9.17) is 4.74 Å². The van der Waals surface area contributed by atoms with Gasteiger partial charge in [-0.2, -0.15) is 18.3 Å². The SMILES string of the molecule is O=C(O)C[C@H](CNC1CCOCC1)NC(=O)c1cc(-c2ccccc2C(F)(F)F)n(C2CCCC2)n1. The van der Waals surface area contributed by atoms with Gasteiger partial charge in [0.25, 0.3) is 5.91 Å². The Morgan fingerprint density at radius 3 is 2.50 bits per heavy atom. The maximum absolute atomic E-state index is 13.8. The van der Waals surface area contributed by atoms with E-state index in [0.717, 1.165) is 44.6 Å². The standard InChI is InChI=1S/C25H31F3N4O4/c26-25(27,28)20-8-4-3-7-19(20)22-14-21(31-32(22)18-5-1-2-6-18)24(35)30-17(13-23(33)34)15-29-16-9-11-36-12-10-16/h3-4,7-8,14,16-18,29H,1-2,5-6,9-13,15H2,(H,30,35)(H,33,34)/t17-/m1/s1. The van der Waals surface area contributed by atoms with Crippen molar-refractivity contribution in [3.63, 3.8) is 0 Å². The van der Waals surface area contributed by atoms with Crippen molar-refractivity contribution in [1.29, 1.82) is 0 Å². The summed E-state index contributed by atoms with van der Waals surface area (Å²) in [6.07, 6.45) is 0.126. The second-order valence-electron chi connectivity index (χ2n) is 9.40. The minimum atomic E-state index is -4.56. The average Bonchev–Trinajstić information content (AvgIpc) is 3.52. The molecule has 11 heteroatoms. The first-order valence-electron chi connectivity index (χ1n) is 12.3. The van der Waals surface area contributed by atoms with Crippen LogP contribution in [0.1, 0.15) is 67.0 Å². The second-order valence-corrected chi connectivity index (χ2v) is 9.40. The number of amides is 1. The van der Waals surface area contributed by atoms with Crippen LogP contribution in [0.25, 0.3) is 11.3 Å². The monoisotopic (exact) mass is 508 g/mol. The molecule has 1 aliphatic carbocycles. The predicted octanol–water partition coefficient (Wildman–Crippen LogP) is 4.03. The number of carbonyl (C=O) groups is 2. The third kappa shape index (κ3) is 6.44. The normalized spacial score (nSPS) is 18.3. The van der Waals surface area contributed by atoms with Gasteiger partial charge in [0.1, 0.15) is 0 Å². The summed E-state index contributed by atoms with van der Waals surface area (Å²) in [5, 5.41) is 19.8. The van der Waals surface area contributed by atoms with E-state index in [1.165, 1.54) is 24.3 Å². The molecule has 4 rings (SSSR count). The highest BCUT2D eigenvalue weighted by Gasteiger charge is 2.35. The number of carbonyl (C=O) groups excluding carboxylic acids is 1. The Hall–Kier alpha value is -2.92. The molecule has 196 valence electrons. The van der Waals surface area contributed by atoms with Crippen LogP contribution in [0.15, 0.2) is 30.3 Å². The number of aromatic nitrogens is 2. The van der Waals surface area contributed by atoms with Crippen LogP contribution in [-0.4, -0.2) is 58.6 Å². The fourth-order valence-electron chi connectivity index (χ4n) is 4.94. The summed E-state index contributed by atoms with van der Waals surface area (Å²) in [4.78, 5) is 24.5. The first-order chi connectivity index (χ1) is 17.2. The molecule has 2 fully saturated rings. The van der Waals surface area contributed by atoms with E-state index < -0.39 is 29.7 Å². The Balaban J connectivity index is 1.58. The van der Waals surface area contributed by atoms with Crippen LogP contribution in [0.5, 0.6) is 0 Å². The van der Waals surface area contributed by atoms with Gasteiger partial charge in [-0.15, -0.1) is 0 Å². The van der Waals surface area contributed by atoms with Gasteiger partial charge >= 0.3 is 12.1 Å². The molecular weight excluding hydrogens is 477 g/mol. The molecule has 1 saturated carbocycles. The van der Waals surface area contributed by atoms with Crippen LogP contribution >= 0.6 is 0 Å². The highest BCUT2D eigenvalue weighted by atomic mass is 19.4. The highest BCUT2D eigenvalue weighted by Crippen LogP contribution is 2.40. The van der Waals surface area contributed by atoms with Gasteiger partial charge in [-0.3, -0.25) is 14.3 Å². The predicted molar refractivity (Wildman–Crippen MR) is 126 cm³/mol. The molecule has 0 unspecified atom stereocenters. The van der Waals surface area contributed by atoms with Gasteiger partial charge in [0, 0.05) is 31.4 Å². The van der Waals surface area contributed by atoms with Crippen LogP contribution in [0.4, 0.5) is 13.2 Å². The minimum absolute atomic E-state index is 0.0321. The van der Waals surface area contributed by atoms with Gasteiger partial charge in [-0.1, -0.05) is 31.0 Å². The summed E-state index contributed by atoms with van der Waals surface area (Å²) in [5.74, 6) is -1.68. The molecule has 1 amide bonds. The van der Waals surface area contributed by atoms with E-state index in [0.29, 0.717) is 13.2 Å². The van der Waals surface area contributed by atoms with Crippen LogP contribution in [0, 0.1) is 0 Å².